The van der Waals surface area contributed by atoms with Crippen LogP contribution in [0.25, 0.3) is 0 Å². The smallest absolute Gasteiger partial charge is 0.256 e. The van der Waals surface area contributed by atoms with Crippen LogP contribution in [0.15, 0.2) is 42.5 Å². The molecular formula is C24H26Cl2N4O3S. The summed E-state index contributed by atoms with van der Waals surface area (Å²) in [6.07, 6.45) is 1.72. The molecule has 2 aliphatic rings. The Hall–Kier alpha value is -2.39. The topological polar surface area (TPSA) is 65.1 Å². The summed E-state index contributed by atoms with van der Waals surface area (Å²) in [5.74, 6) is -0.626. The highest BCUT2D eigenvalue weighted by atomic mass is 35.5. The number of amides is 2. The van der Waals surface area contributed by atoms with Gasteiger partial charge in [-0.1, -0.05) is 29.3 Å². The number of benzene rings is 2. The number of hydrogen-bond donors (Lipinski definition) is 1. The van der Waals surface area contributed by atoms with E-state index in [1.165, 1.54) is 4.90 Å². The van der Waals surface area contributed by atoms with Crippen molar-refractivity contribution in [2.24, 2.45) is 0 Å². The standard InChI is InChI=1S/C24H26Cl2N4O3S/c1-28(2)15-8-10-16(11-9-15)30-23(32)20(29(24(30)34)14-17-5-4-12-33-17)13-21(31)27-22-18(25)6-3-7-19(22)26/h3,6-11,17,20H,4-5,12-14H2,1-2H3,(H,27,31). The molecule has 2 saturated heterocycles. The average molecular weight is 521 g/mol. The first-order valence-electron chi connectivity index (χ1n) is 11.0. The Balaban J connectivity index is 1.58. The summed E-state index contributed by atoms with van der Waals surface area (Å²) < 4.78 is 5.79. The zero-order valence-corrected chi connectivity index (χ0v) is 21.3. The third-order valence-corrected chi connectivity index (χ3v) is 7.02. The van der Waals surface area contributed by atoms with Crippen LogP contribution < -0.4 is 15.1 Å². The number of hydrogen-bond acceptors (Lipinski definition) is 5. The van der Waals surface area contributed by atoms with Gasteiger partial charge in [0.1, 0.15) is 6.04 Å². The molecule has 0 spiro atoms. The molecule has 2 heterocycles. The molecule has 0 aromatic heterocycles. The van der Waals surface area contributed by atoms with Crippen molar-refractivity contribution in [3.63, 3.8) is 0 Å². The van der Waals surface area contributed by atoms with E-state index in [-0.39, 0.29) is 24.3 Å². The predicted molar refractivity (Wildman–Crippen MR) is 140 cm³/mol. The van der Waals surface area contributed by atoms with E-state index in [9.17, 15) is 9.59 Å². The van der Waals surface area contributed by atoms with Gasteiger partial charge in [-0.2, -0.15) is 0 Å². The van der Waals surface area contributed by atoms with Crippen LogP contribution in [0.2, 0.25) is 10.0 Å². The molecule has 0 aliphatic carbocycles. The van der Waals surface area contributed by atoms with Crippen LogP contribution in [-0.2, 0) is 14.3 Å². The number of carbonyl (C=O) groups is 2. The Labute approximate surface area is 214 Å². The molecule has 2 fully saturated rings. The monoisotopic (exact) mass is 520 g/mol. The lowest BCUT2D eigenvalue weighted by atomic mass is 10.1. The Morgan fingerprint density at radius 2 is 1.85 bits per heavy atom. The Morgan fingerprint density at radius 3 is 2.44 bits per heavy atom. The second-order valence-electron chi connectivity index (χ2n) is 8.52. The van der Waals surface area contributed by atoms with Crippen LogP contribution in [0.4, 0.5) is 17.1 Å². The first-order valence-corrected chi connectivity index (χ1v) is 12.2. The number of carbonyl (C=O) groups excluding carboxylic acids is 2. The van der Waals surface area contributed by atoms with Crippen LogP contribution in [-0.4, -0.2) is 61.2 Å². The van der Waals surface area contributed by atoms with Gasteiger partial charge in [-0.05, 0) is 61.5 Å². The summed E-state index contributed by atoms with van der Waals surface area (Å²) in [5.41, 5.74) is 1.99. The van der Waals surface area contributed by atoms with Crippen LogP contribution in [0.3, 0.4) is 0 Å². The van der Waals surface area contributed by atoms with Crippen LogP contribution >= 0.6 is 35.4 Å². The van der Waals surface area contributed by atoms with Gasteiger partial charge in [0.05, 0.1) is 33.9 Å². The number of halogens is 2. The molecule has 34 heavy (non-hydrogen) atoms. The fraction of sp³-hybridized carbons (Fsp3) is 0.375. The van der Waals surface area contributed by atoms with E-state index in [2.05, 4.69) is 5.32 Å². The highest BCUT2D eigenvalue weighted by Gasteiger charge is 2.45. The fourth-order valence-electron chi connectivity index (χ4n) is 4.17. The summed E-state index contributed by atoms with van der Waals surface area (Å²) >= 11 is 18.1. The maximum atomic E-state index is 13.6. The van der Waals surface area contributed by atoms with Gasteiger partial charge in [-0.25, -0.2) is 0 Å². The minimum absolute atomic E-state index is 0.0367. The Bertz CT molecular complexity index is 1070. The Morgan fingerprint density at radius 1 is 1.18 bits per heavy atom. The van der Waals surface area contributed by atoms with Crippen molar-refractivity contribution in [3.8, 4) is 0 Å². The van der Waals surface area contributed by atoms with E-state index >= 15 is 0 Å². The summed E-state index contributed by atoms with van der Waals surface area (Å²) in [6, 6.07) is 11.8. The van der Waals surface area contributed by atoms with E-state index in [0.717, 1.165) is 18.5 Å². The van der Waals surface area contributed by atoms with Gasteiger partial charge < -0.3 is 19.9 Å². The molecular weight excluding hydrogens is 495 g/mol. The molecule has 1 N–H and O–H groups in total. The highest BCUT2D eigenvalue weighted by molar-refractivity contribution is 7.80. The summed E-state index contributed by atoms with van der Waals surface area (Å²) in [5, 5.41) is 3.77. The number of thiocarbonyl (C=S) groups is 1. The molecule has 2 unspecified atom stereocenters. The second kappa shape index (κ2) is 10.5. The third kappa shape index (κ3) is 5.15. The van der Waals surface area contributed by atoms with Gasteiger partial charge in [-0.15, -0.1) is 0 Å². The van der Waals surface area contributed by atoms with E-state index in [1.54, 1.807) is 23.1 Å². The molecule has 2 aromatic carbocycles. The molecule has 2 aliphatic heterocycles. The van der Waals surface area contributed by atoms with Gasteiger partial charge >= 0.3 is 0 Å². The molecule has 0 saturated carbocycles. The fourth-order valence-corrected chi connectivity index (χ4v) is 5.06. The van der Waals surface area contributed by atoms with E-state index < -0.39 is 6.04 Å². The molecule has 2 amide bonds. The molecule has 0 radical (unpaired) electrons. The van der Waals surface area contributed by atoms with Crippen molar-refractivity contribution in [2.45, 2.75) is 31.4 Å². The maximum Gasteiger partial charge on any atom is 0.256 e. The van der Waals surface area contributed by atoms with Gasteiger partial charge in [0.15, 0.2) is 5.11 Å². The van der Waals surface area contributed by atoms with Crippen molar-refractivity contribution in [1.29, 1.82) is 0 Å². The largest absolute Gasteiger partial charge is 0.378 e. The van der Waals surface area contributed by atoms with Crippen molar-refractivity contribution in [1.82, 2.24) is 4.90 Å². The molecule has 4 rings (SSSR count). The van der Waals surface area contributed by atoms with E-state index in [4.69, 9.17) is 40.2 Å². The predicted octanol–water partition coefficient (Wildman–Crippen LogP) is 4.57. The van der Waals surface area contributed by atoms with Crippen molar-refractivity contribution in [3.05, 3.63) is 52.5 Å². The van der Waals surface area contributed by atoms with Gasteiger partial charge in [0.2, 0.25) is 5.91 Å². The SMILES string of the molecule is CN(C)c1ccc(N2C(=O)C(CC(=O)Nc3c(Cl)cccc3Cl)N(CC3CCCO3)C2=S)cc1. The van der Waals surface area contributed by atoms with Crippen LogP contribution in [0.1, 0.15) is 19.3 Å². The lowest BCUT2D eigenvalue weighted by Crippen LogP contribution is -2.42. The summed E-state index contributed by atoms with van der Waals surface area (Å²) in [7, 11) is 3.90. The lowest BCUT2D eigenvalue weighted by molar-refractivity contribution is -0.124. The van der Waals surface area contributed by atoms with Gasteiger partial charge in [0.25, 0.3) is 5.91 Å². The molecule has 180 valence electrons. The second-order valence-corrected chi connectivity index (χ2v) is 9.70. The number of nitrogens with zero attached hydrogens (tertiary/aromatic N) is 3. The van der Waals surface area contributed by atoms with Crippen molar-refractivity contribution >= 4 is 69.4 Å². The molecule has 10 heteroatoms. The van der Waals surface area contributed by atoms with Crippen LogP contribution in [0.5, 0.6) is 0 Å². The zero-order valence-electron chi connectivity index (χ0n) is 19.0. The average Bonchev–Trinajstić information content (AvgIpc) is 3.39. The number of anilines is 3. The minimum Gasteiger partial charge on any atom is -0.378 e. The molecule has 2 aromatic rings. The highest BCUT2D eigenvalue weighted by Crippen LogP contribution is 2.32. The number of rotatable bonds is 7. The first-order chi connectivity index (χ1) is 16.3. The molecule has 7 nitrogen and oxygen atoms in total. The Kier molecular flexibility index (Phi) is 7.62. The van der Waals surface area contributed by atoms with Crippen LogP contribution in [0, 0.1) is 0 Å². The van der Waals surface area contributed by atoms with Crippen molar-refractivity contribution < 1.29 is 14.3 Å². The lowest BCUT2D eigenvalue weighted by Gasteiger charge is -2.26. The van der Waals surface area contributed by atoms with E-state index in [1.807, 2.05) is 43.3 Å². The first kappa shape index (κ1) is 24.7. The van der Waals surface area contributed by atoms with Gasteiger partial charge in [0, 0.05) is 32.9 Å². The van der Waals surface area contributed by atoms with E-state index in [0.29, 0.717) is 39.7 Å². The van der Waals surface area contributed by atoms with Gasteiger partial charge in [-0.3, -0.25) is 14.5 Å². The third-order valence-electron chi connectivity index (χ3n) is 5.97. The summed E-state index contributed by atoms with van der Waals surface area (Å²) in [6.45, 7) is 1.13. The molecule has 2 atom stereocenters. The number of ether oxygens (including phenoxy) is 1. The van der Waals surface area contributed by atoms with Crippen molar-refractivity contribution in [2.75, 3.05) is 42.4 Å². The minimum atomic E-state index is -0.758. The molecule has 0 bridgehead atoms. The normalized spacial score (nSPS) is 20.2. The summed E-state index contributed by atoms with van der Waals surface area (Å²) in [4.78, 5) is 31.8. The quantitative estimate of drug-likeness (QED) is 0.539. The number of para-hydroxylation sites is 1. The maximum absolute atomic E-state index is 13.6. The zero-order chi connectivity index (χ0) is 24.4. The number of nitrogens with one attached hydrogen (secondary N) is 1.